The van der Waals surface area contributed by atoms with Gasteiger partial charge in [-0.15, -0.1) is 6.58 Å². The number of nitrogens with zero attached hydrogens (tertiary/aromatic N) is 2. The first-order chi connectivity index (χ1) is 11.2. The van der Waals surface area contributed by atoms with Crippen LogP contribution >= 0.6 is 0 Å². The zero-order valence-corrected chi connectivity index (χ0v) is 14.2. The van der Waals surface area contributed by atoms with Gasteiger partial charge in [-0.2, -0.15) is 0 Å². The summed E-state index contributed by atoms with van der Waals surface area (Å²) in [5, 5.41) is 3.34. The van der Waals surface area contributed by atoms with Crippen LogP contribution in [0.15, 0.2) is 35.8 Å². The first-order valence-corrected chi connectivity index (χ1v) is 8.23. The zero-order valence-electron chi connectivity index (χ0n) is 14.2. The average Bonchev–Trinajstić information content (AvgIpc) is 3.02. The third-order valence-corrected chi connectivity index (χ3v) is 3.70. The van der Waals surface area contributed by atoms with Crippen LogP contribution in [0.3, 0.4) is 0 Å². The van der Waals surface area contributed by atoms with Gasteiger partial charge in [-0.25, -0.2) is 0 Å². The highest BCUT2D eigenvalue weighted by atomic mass is 16.7. The van der Waals surface area contributed by atoms with Crippen molar-refractivity contribution in [3.63, 3.8) is 0 Å². The lowest BCUT2D eigenvalue weighted by molar-refractivity contribution is 0.174. The highest BCUT2D eigenvalue weighted by Crippen LogP contribution is 2.32. The lowest BCUT2D eigenvalue weighted by atomic mass is 10.1. The second kappa shape index (κ2) is 9.08. The normalized spacial score (nSPS) is 13.0. The molecule has 0 radical (unpaired) electrons. The molecule has 1 aromatic carbocycles. The van der Waals surface area contributed by atoms with Crippen LogP contribution in [0.25, 0.3) is 0 Å². The maximum atomic E-state index is 5.41. The summed E-state index contributed by atoms with van der Waals surface area (Å²) in [6, 6.07) is 6.08. The number of benzene rings is 1. The molecule has 5 heteroatoms. The van der Waals surface area contributed by atoms with Gasteiger partial charge in [-0.1, -0.05) is 12.1 Å². The number of allylic oxidation sites excluding steroid dienone is 1. The zero-order chi connectivity index (χ0) is 16.5. The number of nitrogens with one attached hydrogen (secondary N) is 1. The molecule has 2 rings (SSSR count). The summed E-state index contributed by atoms with van der Waals surface area (Å²) in [5.74, 6) is 2.62. The molecule has 0 amide bonds. The molecule has 0 spiro atoms. The van der Waals surface area contributed by atoms with E-state index in [1.807, 2.05) is 18.2 Å². The minimum Gasteiger partial charge on any atom is -0.454 e. The lowest BCUT2D eigenvalue weighted by Crippen LogP contribution is -2.39. The summed E-state index contributed by atoms with van der Waals surface area (Å²) in [5.41, 5.74) is 1.21. The molecule has 1 aliphatic heterocycles. The maximum Gasteiger partial charge on any atom is 0.231 e. The second-order valence-corrected chi connectivity index (χ2v) is 5.53. The minimum atomic E-state index is 0.316. The number of hydrogen-bond donors (Lipinski definition) is 1. The van der Waals surface area contributed by atoms with Crippen molar-refractivity contribution in [2.24, 2.45) is 4.99 Å². The third-order valence-electron chi connectivity index (χ3n) is 3.70. The molecule has 1 aliphatic rings. The Morgan fingerprint density at radius 2 is 2.22 bits per heavy atom. The number of guanidine groups is 1. The Balaban J connectivity index is 1.88. The maximum absolute atomic E-state index is 5.41. The highest BCUT2D eigenvalue weighted by molar-refractivity contribution is 5.79. The molecule has 0 bridgehead atoms. The number of aliphatic imine (C=N–C) groups is 1. The van der Waals surface area contributed by atoms with Gasteiger partial charge < -0.3 is 19.7 Å². The van der Waals surface area contributed by atoms with Gasteiger partial charge in [0.25, 0.3) is 0 Å². The molecule has 0 atom stereocenters. The Morgan fingerprint density at radius 1 is 1.39 bits per heavy atom. The molecule has 126 valence electrons. The Morgan fingerprint density at radius 3 is 3.00 bits per heavy atom. The number of rotatable bonds is 8. The van der Waals surface area contributed by atoms with E-state index in [-0.39, 0.29) is 0 Å². The SMILES string of the molecule is C=CCCCN(C)C(=NCCc1ccc2c(c1)OCO2)NCC. The fourth-order valence-electron chi connectivity index (χ4n) is 2.44. The van der Waals surface area contributed by atoms with Gasteiger partial charge in [0.05, 0.1) is 0 Å². The van der Waals surface area contributed by atoms with Crippen molar-refractivity contribution in [1.29, 1.82) is 0 Å². The second-order valence-electron chi connectivity index (χ2n) is 5.53. The van der Waals surface area contributed by atoms with E-state index in [0.29, 0.717) is 6.79 Å². The minimum absolute atomic E-state index is 0.316. The van der Waals surface area contributed by atoms with E-state index in [4.69, 9.17) is 14.5 Å². The molecule has 0 aliphatic carbocycles. The molecular weight excluding hydrogens is 290 g/mol. The van der Waals surface area contributed by atoms with E-state index in [2.05, 4.69) is 36.8 Å². The van der Waals surface area contributed by atoms with Crippen molar-refractivity contribution in [1.82, 2.24) is 10.2 Å². The van der Waals surface area contributed by atoms with Crippen molar-refractivity contribution in [3.8, 4) is 11.5 Å². The Kier molecular flexibility index (Phi) is 6.78. The monoisotopic (exact) mass is 317 g/mol. The van der Waals surface area contributed by atoms with Crippen LogP contribution in [0, 0.1) is 0 Å². The van der Waals surface area contributed by atoms with Crippen molar-refractivity contribution in [3.05, 3.63) is 36.4 Å². The molecule has 1 heterocycles. The number of ether oxygens (including phenoxy) is 2. The van der Waals surface area contributed by atoms with Crippen molar-refractivity contribution in [2.75, 3.05) is 33.5 Å². The van der Waals surface area contributed by atoms with Crippen molar-refractivity contribution < 1.29 is 9.47 Å². The summed E-state index contributed by atoms with van der Waals surface area (Å²) in [7, 11) is 2.07. The van der Waals surface area contributed by atoms with Crippen LogP contribution in [0.5, 0.6) is 11.5 Å². The van der Waals surface area contributed by atoms with Gasteiger partial charge in [0, 0.05) is 26.7 Å². The summed E-state index contributed by atoms with van der Waals surface area (Å²) < 4.78 is 10.7. The van der Waals surface area contributed by atoms with Crippen LogP contribution in [0.4, 0.5) is 0 Å². The molecule has 5 nitrogen and oxygen atoms in total. The van der Waals surface area contributed by atoms with Crippen LogP contribution in [0.2, 0.25) is 0 Å². The summed E-state index contributed by atoms with van der Waals surface area (Å²) in [6.07, 6.45) is 4.96. The Hall–Kier alpha value is -2.17. The molecule has 1 N–H and O–H groups in total. The lowest BCUT2D eigenvalue weighted by Gasteiger charge is -2.21. The van der Waals surface area contributed by atoms with Crippen LogP contribution in [-0.4, -0.2) is 44.3 Å². The highest BCUT2D eigenvalue weighted by Gasteiger charge is 2.13. The fourth-order valence-corrected chi connectivity index (χ4v) is 2.44. The first-order valence-electron chi connectivity index (χ1n) is 8.23. The standard InChI is InChI=1S/C18H27N3O2/c1-4-6-7-12-21(3)18(19-5-2)20-11-10-15-8-9-16-17(13-15)23-14-22-16/h4,8-9,13H,1,5-7,10-12,14H2,2-3H3,(H,19,20). The molecule has 0 saturated carbocycles. The number of unbranched alkanes of at least 4 members (excludes halogenated alkanes) is 1. The third kappa shape index (κ3) is 5.20. The topological polar surface area (TPSA) is 46.1 Å². The van der Waals surface area contributed by atoms with E-state index in [9.17, 15) is 0 Å². The first kappa shape index (κ1) is 17.2. The molecule has 0 unspecified atom stereocenters. The van der Waals surface area contributed by atoms with Crippen molar-refractivity contribution >= 4 is 5.96 Å². The van der Waals surface area contributed by atoms with Gasteiger partial charge in [-0.3, -0.25) is 4.99 Å². The number of hydrogen-bond acceptors (Lipinski definition) is 3. The molecule has 0 fully saturated rings. The summed E-state index contributed by atoms with van der Waals surface area (Å²) >= 11 is 0. The van der Waals surface area contributed by atoms with Gasteiger partial charge in [0.2, 0.25) is 6.79 Å². The summed E-state index contributed by atoms with van der Waals surface area (Å²) in [6.45, 7) is 8.76. The molecule has 1 aromatic rings. The average molecular weight is 317 g/mol. The Labute approximate surface area is 139 Å². The quantitative estimate of drug-likeness (QED) is 0.347. The van der Waals surface area contributed by atoms with Gasteiger partial charge in [0.1, 0.15) is 0 Å². The number of fused-ring (bicyclic) bond motifs is 1. The predicted octanol–water partition coefficient (Wildman–Crippen LogP) is 2.82. The van der Waals surface area contributed by atoms with Crippen LogP contribution in [-0.2, 0) is 6.42 Å². The van der Waals surface area contributed by atoms with E-state index in [1.165, 1.54) is 5.56 Å². The Bertz CT molecular complexity index is 543. The summed E-state index contributed by atoms with van der Waals surface area (Å²) in [4.78, 5) is 6.89. The fraction of sp³-hybridized carbons (Fsp3) is 0.500. The van der Waals surface area contributed by atoms with E-state index < -0.39 is 0 Å². The van der Waals surface area contributed by atoms with E-state index >= 15 is 0 Å². The van der Waals surface area contributed by atoms with Gasteiger partial charge in [-0.05, 0) is 43.9 Å². The van der Waals surface area contributed by atoms with Gasteiger partial charge >= 0.3 is 0 Å². The predicted molar refractivity (Wildman–Crippen MR) is 94.3 cm³/mol. The van der Waals surface area contributed by atoms with Crippen LogP contribution < -0.4 is 14.8 Å². The van der Waals surface area contributed by atoms with Gasteiger partial charge in [0.15, 0.2) is 17.5 Å². The van der Waals surface area contributed by atoms with Crippen LogP contribution in [0.1, 0.15) is 25.3 Å². The van der Waals surface area contributed by atoms with E-state index in [1.54, 1.807) is 0 Å². The molecule has 23 heavy (non-hydrogen) atoms. The molecule has 0 aromatic heterocycles. The largest absolute Gasteiger partial charge is 0.454 e. The van der Waals surface area contributed by atoms with E-state index in [0.717, 1.165) is 56.4 Å². The van der Waals surface area contributed by atoms with Crippen molar-refractivity contribution in [2.45, 2.75) is 26.2 Å². The molecule has 0 saturated heterocycles. The molecular formula is C18H27N3O2. The smallest absolute Gasteiger partial charge is 0.231 e.